The van der Waals surface area contributed by atoms with E-state index >= 15 is 0 Å². The Hall–Kier alpha value is -0.0500. The van der Waals surface area contributed by atoms with Gasteiger partial charge >= 0.3 is 0 Å². The molecule has 1 rings (SSSR count). The van der Waals surface area contributed by atoms with Crippen LogP contribution in [-0.4, -0.2) is 0 Å². The van der Waals surface area contributed by atoms with Crippen molar-refractivity contribution < 1.29 is 0 Å². The molecule has 0 heterocycles. The fourth-order valence-corrected chi connectivity index (χ4v) is 1.51. The molecule has 0 bridgehead atoms. The third-order valence-electron chi connectivity index (χ3n) is 1.52. The molecular weight excluding hydrogens is 247 g/mol. The van der Waals surface area contributed by atoms with Gasteiger partial charge in [-0.2, -0.15) is 0 Å². The van der Waals surface area contributed by atoms with E-state index in [1.54, 1.807) is 0 Å². The van der Waals surface area contributed by atoms with E-state index in [2.05, 4.69) is 60.2 Å². The summed E-state index contributed by atoms with van der Waals surface area (Å²) in [4.78, 5) is 0. The lowest BCUT2D eigenvalue weighted by Gasteiger charge is -1.98. The maximum atomic E-state index is 2.34. The van der Waals surface area contributed by atoms with Crippen LogP contribution in [-0.2, 0) is 0 Å². The van der Waals surface area contributed by atoms with Gasteiger partial charge in [-0.25, -0.2) is 0 Å². The minimum absolute atomic E-state index is 1.18. The van der Waals surface area contributed by atoms with Gasteiger partial charge in [0.1, 0.15) is 0 Å². The molecule has 0 saturated heterocycles. The van der Waals surface area contributed by atoms with Crippen LogP contribution >= 0.6 is 22.6 Å². The highest BCUT2D eigenvalue weighted by molar-refractivity contribution is 14.1. The van der Waals surface area contributed by atoms with E-state index in [1.165, 1.54) is 22.0 Å². The average Bonchev–Trinajstić information content (AvgIpc) is 2.01. The van der Waals surface area contributed by atoms with Crippen molar-refractivity contribution >= 4 is 22.6 Å². The summed E-state index contributed by atoms with van der Waals surface area (Å²) in [6.07, 6.45) is 4.69. The van der Waals surface area contributed by atoms with E-state index in [0.29, 0.717) is 0 Å². The van der Waals surface area contributed by atoms with E-state index in [1.807, 2.05) is 0 Å². The fourth-order valence-electron chi connectivity index (χ4n) is 0.945. The molecule has 1 aromatic carbocycles. The quantitative estimate of drug-likeness (QED) is 0.727. The monoisotopic (exact) mass is 259 g/mol. The van der Waals surface area contributed by atoms with Gasteiger partial charge in [-0.05, 0) is 53.1 Å². The van der Waals surface area contributed by atoms with Crippen LogP contribution in [0.4, 0.5) is 0 Å². The van der Waals surface area contributed by atoms with Crippen molar-refractivity contribution in [2.24, 2.45) is 0 Å². The molecule has 1 radical (unpaired) electrons. The Morgan fingerprint density at radius 3 is 2.91 bits per heavy atom. The zero-order chi connectivity index (χ0) is 8.10. The van der Waals surface area contributed by atoms with Crippen LogP contribution in [0.2, 0.25) is 0 Å². The summed E-state index contributed by atoms with van der Waals surface area (Å²) in [5.41, 5.74) is 1.35. The van der Waals surface area contributed by atoms with Crippen molar-refractivity contribution in [2.45, 2.75) is 19.8 Å². The van der Waals surface area contributed by atoms with Crippen molar-refractivity contribution in [1.82, 2.24) is 0 Å². The summed E-state index contributed by atoms with van der Waals surface area (Å²) in [5.74, 6) is 0. The predicted molar refractivity (Wildman–Crippen MR) is 57.5 cm³/mol. The molecule has 0 nitrogen and oxygen atoms in total. The minimum Gasteiger partial charge on any atom is -0.0654 e. The van der Waals surface area contributed by atoms with Gasteiger partial charge in [-0.3, -0.25) is 0 Å². The van der Waals surface area contributed by atoms with Gasteiger partial charge in [0.15, 0.2) is 0 Å². The fraction of sp³-hybridized carbons (Fsp3) is 0.300. The molecule has 0 amide bonds. The average molecular weight is 259 g/mol. The van der Waals surface area contributed by atoms with Crippen LogP contribution in [0.15, 0.2) is 24.3 Å². The van der Waals surface area contributed by atoms with Gasteiger partial charge in [-0.15, -0.1) is 0 Å². The zero-order valence-corrected chi connectivity index (χ0v) is 8.84. The Labute approximate surface area is 82.2 Å². The van der Waals surface area contributed by atoms with Crippen LogP contribution in [0.25, 0.3) is 0 Å². The van der Waals surface area contributed by atoms with Crippen molar-refractivity contribution in [3.63, 3.8) is 0 Å². The minimum atomic E-state index is 1.18. The molecule has 0 aliphatic carbocycles. The van der Waals surface area contributed by atoms with Crippen molar-refractivity contribution in [3.05, 3.63) is 39.8 Å². The van der Waals surface area contributed by atoms with E-state index in [0.717, 1.165) is 0 Å². The number of benzene rings is 1. The van der Waals surface area contributed by atoms with Crippen LogP contribution in [0.1, 0.15) is 25.3 Å². The van der Waals surface area contributed by atoms with Crippen molar-refractivity contribution in [3.8, 4) is 0 Å². The Morgan fingerprint density at radius 2 is 2.27 bits per heavy atom. The Morgan fingerprint density at radius 1 is 1.45 bits per heavy atom. The van der Waals surface area contributed by atoms with E-state index in [-0.39, 0.29) is 0 Å². The molecular formula is C10H12I. The summed E-state index contributed by atoms with van der Waals surface area (Å²) in [6.45, 7) is 2.20. The smallest absolute Gasteiger partial charge is 0.0133 e. The van der Waals surface area contributed by atoms with Crippen LogP contribution < -0.4 is 0 Å². The third-order valence-corrected chi connectivity index (χ3v) is 2.19. The highest BCUT2D eigenvalue weighted by Gasteiger charge is 1.92. The summed E-state index contributed by atoms with van der Waals surface area (Å²) < 4.78 is 1.31. The summed E-state index contributed by atoms with van der Waals surface area (Å²) >= 11 is 2.34. The topological polar surface area (TPSA) is 0 Å². The molecule has 0 aliphatic rings. The van der Waals surface area contributed by atoms with Gasteiger partial charge in [-0.1, -0.05) is 25.5 Å². The molecule has 0 unspecified atom stereocenters. The molecule has 0 spiro atoms. The van der Waals surface area contributed by atoms with Gasteiger partial charge < -0.3 is 0 Å². The predicted octanol–water partition coefficient (Wildman–Crippen LogP) is 3.64. The maximum absolute atomic E-state index is 2.34. The van der Waals surface area contributed by atoms with E-state index in [4.69, 9.17) is 0 Å². The van der Waals surface area contributed by atoms with E-state index in [9.17, 15) is 0 Å². The molecule has 0 fully saturated rings. The zero-order valence-electron chi connectivity index (χ0n) is 6.68. The SMILES string of the molecule is CCC[CH]c1cccc(I)c1. The number of unbranched alkanes of at least 4 members (excludes halogenated alkanes) is 1. The molecule has 0 aliphatic heterocycles. The lowest BCUT2D eigenvalue weighted by atomic mass is 10.1. The lowest BCUT2D eigenvalue weighted by Crippen LogP contribution is -1.81. The van der Waals surface area contributed by atoms with Crippen LogP contribution in [0.5, 0.6) is 0 Å². The first-order chi connectivity index (χ1) is 5.33. The number of rotatable bonds is 3. The second-order valence-corrected chi connectivity index (χ2v) is 3.79. The molecule has 11 heavy (non-hydrogen) atoms. The first-order valence-electron chi connectivity index (χ1n) is 3.91. The van der Waals surface area contributed by atoms with Crippen molar-refractivity contribution in [1.29, 1.82) is 0 Å². The maximum Gasteiger partial charge on any atom is 0.0133 e. The van der Waals surface area contributed by atoms with E-state index < -0.39 is 0 Å². The molecule has 1 aromatic rings. The first-order valence-corrected chi connectivity index (χ1v) is 4.99. The summed E-state index contributed by atoms with van der Waals surface area (Å²) in [6, 6.07) is 8.57. The Balaban J connectivity index is 2.56. The van der Waals surface area contributed by atoms with Gasteiger partial charge in [0.05, 0.1) is 0 Å². The van der Waals surface area contributed by atoms with Gasteiger partial charge in [0.2, 0.25) is 0 Å². The van der Waals surface area contributed by atoms with Crippen LogP contribution in [0, 0.1) is 9.99 Å². The molecule has 59 valence electrons. The Kier molecular flexibility index (Phi) is 3.91. The molecule has 0 saturated carbocycles. The molecule has 0 N–H and O–H groups in total. The highest BCUT2D eigenvalue weighted by Crippen LogP contribution is 2.11. The molecule has 0 atom stereocenters. The highest BCUT2D eigenvalue weighted by atomic mass is 127. The Bertz CT molecular complexity index is 218. The number of hydrogen-bond donors (Lipinski definition) is 0. The third kappa shape index (κ3) is 3.23. The summed E-state index contributed by atoms with van der Waals surface area (Å²) in [5, 5.41) is 0. The first kappa shape index (κ1) is 9.04. The van der Waals surface area contributed by atoms with Crippen LogP contribution in [0.3, 0.4) is 0 Å². The molecule has 1 heteroatoms. The normalized spacial score (nSPS) is 10.0. The standard InChI is InChI=1S/C10H12I/c1-2-3-5-9-6-4-7-10(11)8-9/h4-8H,2-3H2,1H3. The molecule has 0 aromatic heterocycles. The number of halogens is 1. The second kappa shape index (κ2) is 4.75. The summed E-state index contributed by atoms with van der Waals surface area (Å²) in [7, 11) is 0. The lowest BCUT2D eigenvalue weighted by molar-refractivity contribution is 0.913. The van der Waals surface area contributed by atoms with Crippen molar-refractivity contribution in [2.75, 3.05) is 0 Å². The van der Waals surface area contributed by atoms with Gasteiger partial charge in [0.25, 0.3) is 0 Å². The number of hydrogen-bond acceptors (Lipinski definition) is 0. The second-order valence-electron chi connectivity index (χ2n) is 2.55. The largest absolute Gasteiger partial charge is 0.0654 e. The van der Waals surface area contributed by atoms with Gasteiger partial charge in [0, 0.05) is 3.57 Å².